The van der Waals surface area contributed by atoms with Crippen LogP contribution in [0.2, 0.25) is 5.02 Å². The summed E-state index contributed by atoms with van der Waals surface area (Å²) in [6, 6.07) is 13.7. The van der Waals surface area contributed by atoms with Crippen LogP contribution < -0.4 is 25.6 Å². The summed E-state index contributed by atoms with van der Waals surface area (Å²) in [4.78, 5) is 26.5. The molecule has 0 fully saturated rings. The number of ether oxygens (including phenoxy) is 1. The normalized spacial score (nSPS) is 10.8. The first-order valence-electron chi connectivity index (χ1n) is 9.72. The van der Waals surface area contributed by atoms with Crippen molar-refractivity contribution in [3.63, 3.8) is 0 Å². The number of rotatable bonds is 7. The van der Waals surface area contributed by atoms with Crippen LogP contribution in [0.5, 0.6) is 5.75 Å². The predicted molar refractivity (Wildman–Crippen MR) is 122 cm³/mol. The lowest BCUT2D eigenvalue weighted by molar-refractivity contribution is 0.232. The molecule has 0 spiro atoms. The van der Waals surface area contributed by atoms with E-state index in [1.807, 2.05) is 32.9 Å². The van der Waals surface area contributed by atoms with Gasteiger partial charge >= 0.3 is 12.1 Å². The number of nitrogens with one attached hydrogen (secondary N) is 3. The molecule has 0 unspecified atom stereocenters. The Morgan fingerprint density at radius 3 is 2.40 bits per heavy atom. The Kier molecular flexibility index (Phi) is 8.35. The molecule has 0 heterocycles. The fraction of sp³-hybridized carbons (Fsp3) is 0.364. The zero-order valence-electron chi connectivity index (χ0n) is 17.8. The van der Waals surface area contributed by atoms with Crippen molar-refractivity contribution in [1.82, 2.24) is 10.6 Å². The van der Waals surface area contributed by atoms with Gasteiger partial charge in [0.25, 0.3) is 0 Å². The third kappa shape index (κ3) is 7.83. The summed E-state index contributed by atoms with van der Waals surface area (Å²) in [5, 5.41) is 9.06. The highest BCUT2D eigenvalue weighted by Gasteiger charge is 2.17. The summed E-state index contributed by atoms with van der Waals surface area (Å²) in [6.45, 7) is 6.59. The lowest BCUT2D eigenvalue weighted by atomic mass is 10.1. The number of carbonyl (C=O) groups is 2. The van der Waals surface area contributed by atoms with Gasteiger partial charge in [0.2, 0.25) is 0 Å². The van der Waals surface area contributed by atoms with Gasteiger partial charge in [-0.1, -0.05) is 17.7 Å². The molecule has 0 aliphatic heterocycles. The fourth-order valence-electron chi connectivity index (χ4n) is 2.69. The molecule has 162 valence electrons. The van der Waals surface area contributed by atoms with E-state index >= 15 is 0 Å². The Hall–Kier alpha value is -2.93. The molecule has 2 aromatic carbocycles. The van der Waals surface area contributed by atoms with Gasteiger partial charge in [0.05, 0.1) is 7.11 Å². The molecule has 0 saturated carbocycles. The summed E-state index contributed by atoms with van der Waals surface area (Å²) in [6.07, 6.45) is 0.576. The SMILES string of the molecule is COc1ccc(N(CCCNC(=O)NC(C)(C)C)C(=O)Nc2cccc(Cl)c2)cc1. The first-order chi connectivity index (χ1) is 14.2. The molecule has 0 atom stereocenters. The number of urea groups is 2. The standard InChI is InChI=1S/C22H29ClN4O3/c1-22(2,3)26-20(28)24-13-6-14-27(18-9-11-19(30-4)12-10-18)21(29)25-17-8-5-7-16(23)15-17/h5,7-12,15H,6,13-14H2,1-4H3,(H,25,29)(H2,24,26,28). The average Bonchev–Trinajstić information content (AvgIpc) is 2.66. The van der Waals surface area contributed by atoms with Gasteiger partial charge < -0.3 is 20.7 Å². The third-order valence-electron chi connectivity index (χ3n) is 4.04. The molecule has 0 aliphatic rings. The summed E-state index contributed by atoms with van der Waals surface area (Å²) >= 11 is 6.01. The smallest absolute Gasteiger partial charge is 0.326 e. The zero-order valence-corrected chi connectivity index (χ0v) is 18.5. The van der Waals surface area contributed by atoms with Gasteiger partial charge in [0.1, 0.15) is 5.75 Å². The molecule has 0 aromatic heterocycles. The summed E-state index contributed by atoms with van der Waals surface area (Å²) in [5.74, 6) is 0.703. The van der Waals surface area contributed by atoms with Crippen molar-refractivity contribution in [3.05, 3.63) is 53.6 Å². The maximum absolute atomic E-state index is 12.9. The van der Waals surface area contributed by atoms with Crippen LogP contribution in [-0.4, -0.2) is 37.8 Å². The van der Waals surface area contributed by atoms with E-state index in [4.69, 9.17) is 16.3 Å². The zero-order chi connectivity index (χ0) is 22.1. The molecular weight excluding hydrogens is 404 g/mol. The molecule has 2 aromatic rings. The predicted octanol–water partition coefficient (Wildman–Crippen LogP) is 4.87. The second-order valence-corrected chi connectivity index (χ2v) is 8.21. The van der Waals surface area contributed by atoms with Crippen molar-refractivity contribution in [2.75, 3.05) is 30.4 Å². The van der Waals surface area contributed by atoms with Gasteiger partial charge in [-0.05, 0) is 69.7 Å². The van der Waals surface area contributed by atoms with Gasteiger partial charge in [-0.2, -0.15) is 0 Å². The Morgan fingerprint density at radius 1 is 1.10 bits per heavy atom. The van der Waals surface area contributed by atoms with Crippen LogP contribution in [0.15, 0.2) is 48.5 Å². The topological polar surface area (TPSA) is 82.7 Å². The molecule has 0 saturated heterocycles. The minimum atomic E-state index is -0.309. The van der Waals surface area contributed by atoms with E-state index in [0.29, 0.717) is 36.0 Å². The van der Waals surface area contributed by atoms with Crippen LogP contribution in [0.1, 0.15) is 27.2 Å². The van der Waals surface area contributed by atoms with Gasteiger partial charge in [-0.15, -0.1) is 0 Å². The number of nitrogens with zero attached hydrogens (tertiary/aromatic N) is 1. The molecule has 8 heteroatoms. The molecule has 0 radical (unpaired) electrons. The molecule has 4 amide bonds. The van der Waals surface area contributed by atoms with E-state index in [1.165, 1.54) is 0 Å². The lowest BCUT2D eigenvalue weighted by Crippen LogP contribution is -2.47. The molecule has 0 bridgehead atoms. The van der Waals surface area contributed by atoms with Crippen LogP contribution in [0.3, 0.4) is 0 Å². The van der Waals surface area contributed by atoms with Crippen LogP contribution in [0, 0.1) is 0 Å². The van der Waals surface area contributed by atoms with E-state index in [0.717, 1.165) is 5.69 Å². The summed E-state index contributed by atoms with van der Waals surface area (Å²) in [7, 11) is 1.59. The summed E-state index contributed by atoms with van der Waals surface area (Å²) < 4.78 is 5.19. The number of methoxy groups -OCH3 is 1. The highest BCUT2D eigenvalue weighted by atomic mass is 35.5. The van der Waals surface area contributed by atoms with Crippen molar-refractivity contribution in [3.8, 4) is 5.75 Å². The number of hydrogen-bond acceptors (Lipinski definition) is 3. The highest BCUT2D eigenvalue weighted by Crippen LogP contribution is 2.21. The number of benzene rings is 2. The van der Waals surface area contributed by atoms with Crippen LogP contribution in [-0.2, 0) is 0 Å². The van der Waals surface area contributed by atoms with Gasteiger partial charge in [0.15, 0.2) is 0 Å². The molecule has 30 heavy (non-hydrogen) atoms. The number of hydrogen-bond donors (Lipinski definition) is 3. The highest BCUT2D eigenvalue weighted by molar-refractivity contribution is 6.30. The van der Waals surface area contributed by atoms with Crippen LogP contribution in [0.25, 0.3) is 0 Å². The van der Waals surface area contributed by atoms with E-state index in [-0.39, 0.29) is 17.6 Å². The Morgan fingerprint density at radius 2 is 1.80 bits per heavy atom. The first kappa shape index (κ1) is 23.3. The maximum atomic E-state index is 12.9. The monoisotopic (exact) mass is 432 g/mol. The average molecular weight is 433 g/mol. The molecule has 3 N–H and O–H groups in total. The quantitative estimate of drug-likeness (QED) is 0.545. The van der Waals surface area contributed by atoms with Crippen molar-refractivity contribution in [2.24, 2.45) is 0 Å². The van der Waals surface area contributed by atoms with Crippen LogP contribution >= 0.6 is 11.6 Å². The third-order valence-corrected chi connectivity index (χ3v) is 4.27. The van der Waals surface area contributed by atoms with E-state index in [2.05, 4.69) is 16.0 Å². The number of amides is 4. The molecular formula is C22H29ClN4O3. The molecule has 7 nitrogen and oxygen atoms in total. The fourth-order valence-corrected chi connectivity index (χ4v) is 2.88. The Labute approximate surface area is 182 Å². The lowest BCUT2D eigenvalue weighted by Gasteiger charge is -2.24. The number of halogens is 1. The summed E-state index contributed by atoms with van der Waals surface area (Å²) in [5.41, 5.74) is 1.01. The maximum Gasteiger partial charge on any atom is 0.326 e. The van der Waals surface area contributed by atoms with Crippen molar-refractivity contribution >= 4 is 35.0 Å². The second kappa shape index (κ2) is 10.7. The Bertz CT molecular complexity index is 850. The van der Waals surface area contributed by atoms with E-state index in [1.54, 1.807) is 48.4 Å². The minimum absolute atomic E-state index is 0.234. The number of carbonyl (C=O) groups excluding carboxylic acids is 2. The van der Waals surface area contributed by atoms with Gasteiger partial charge in [-0.25, -0.2) is 9.59 Å². The minimum Gasteiger partial charge on any atom is -0.497 e. The van der Waals surface area contributed by atoms with Gasteiger partial charge in [0, 0.05) is 35.0 Å². The Balaban J connectivity index is 2.03. The second-order valence-electron chi connectivity index (χ2n) is 7.77. The largest absolute Gasteiger partial charge is 0.497 e. The van der Waals surface area contributed by atoms with Crippen molar-refractivity contribution in [2.45, 2.75) is 32.7 Å². The van der Waals surface area contributed by atoms with Crippen molar-refractivity contribution in [1.29, 1.82) is 0 Å². The van der Waals surface area contributed by atoms with Crippen molar-refractivity contribution < 1.29 is 14.3 Å². The first-order valence-corrected chi connectivity index (χ1v) is 10.1. The van der Waals surface area contributed by atoms with E-state index < -0.39 is 0 Å². The molecule has 2 rings (SSSR count). The van der Waals surface area contributed by atoms with Gasteiger partial charge in [-0.3, -0.25) is 4.90 Å². The number of anilines is 2. The molecule has 0 aliphatic carbocycles. The van der Waals surface area contributed by atoms with Crippen LogP contribution in [0.4, 0.5) is 21.0 Å². The van der Waals surface area contributed by atoms with E-state index in [9.17, 15) is 9.59 Å².